The minimum absolute atomic E-state index is 0.100. The average Bonchev–Trinajstić information content (AvgIpc) is 2.50. The van der Waals surface area contributed by atoms with Gasteiger partial charge in [0.25, 0.3) is 0 Å². The van der Waals surface area contributed by atoms with Gasteiger partial charge in [-0.15, -0.1) is 0 Å². The molecule has 1 aromatic rings. The van der Waals surface area contributed by atoms with E-state index in [0.29, 0.717) is 5.95 Å². The van der Waals surface area contributed by atoms with Gasteiger partial charge in [-0.3, -0.25) is 10.1 Å². The zero-order valence-corrected chi connectivity index (χ0v) is 8.56. The molecule has 0 fully saturated rings. The van der Waals surface area contributed by atoms with Crippen molar-refractivity contribution in [2.75, 3.05) is 5.32 Å². The van der Waals surface area contributed by atoms with E-state index in [-0.39, 0.29) is 11.8 Å². The van der Waals surface area contributed by atoms with E-state index in [1.807, 2.05) is 13.8 Å². The average molecular weight is 197 g/mol. The first-order valence-corrected chi connectivity index (χ1v) is 4.42. The van der Waals surface area contributed by atoms with Crippen molar-refractivity contribution in [2.45, 2.75) is 19.9 Å². The summed E-state index contributed by atoms with van der Waals surface area (Å²) in [6.07, 6.45) is 1.37. The summed E-state index contributed by atoms with van der Waals surface area (Å²) in [6, 6.07) is -0.522. The number of nitrogens with two attached hydrogens (primary N) is 1. The number of rotatable bonds is 3. The number of carbonyl (C=O) groups excluding carboxylic acids is 1. The van der Waals surface area contributed by atoms with E-state index >= 15 is 0 Å². The highest BCUT2D eigenvalue weighted by atomic mass is 16.2. The summed E-state index contributed by atoms with van der Waals surface area (Å²) in [5.41, 5.74) is 5.66. The van der Waals surface area contributed by atoms with E-state index in [9.17, 15) is 4.79 Å². The molecule has 0 radical (unpaired) electrons. The van der Waals surface area contributed by atoms with Gasteiger partial charge in [0.1, 0.15) is 6.33 Å². The molecule has 1 aromatic heterocycles. The number of amides is 1. The normalized spacial score (nSPS) is 12.9. The number of nitrogens with zero attached hydrogens (tertiary/aromatic N) is 3. The molecule has 0 aromatic carbocycles. The molecule has 0 unspecified atom stereocenters. The highest BCUT2D eigenvalue weighted by molar-refractivity contribution is 5.93. The van der Waals surface area contributed by atoms with Gasteiger partial charge < -0.3 is 5.73 Å². The van der Waals surface area contributed by atoms with Crippen LogP contribution in [-0.4, -0.2) is 26.7 Å². The van der Waals surface area contributed by atoms with E-state index in [1.165, 1.54) is 11.0 Å². The molecule has 0 spiro atoms. The summed E-state index contributed by atoms with van der Waals surface area (Å²) in [5.74, 6) is 0.269. The fourth-order valence-electron chi connectivity index (χ4n) is 0.906. The lowest BCUT2D eigenvalue weighted by molar-refractivity contribution is -0.118. The van der Waals surface area contributed by atoms with Crippen molar-refractivity contribution in [3.8, 4) is 0 Å². The van der Waals surface area contributed by atoms with Crippen LogP contribution in [0.5, 0.6) is 0 Å². The van der Waals surface area contributed by atoms with E-state index in [1.54, 1.807) is 7.05 Å². The van der Waals surface area contributed by atoms with Gasteiger partial charge in [-0.05, 0) is 5.92 Å². The lowest BCUT2D eigenvalue weighted by atomic mass is 10.1. The maximum Gasteiger partial charge on any atom is 0.243 e. The maximum absolute atomic E-state index is 11.5. The lowest BCUT2D eigenvalue weighted by Gasteiger charge is -2.14. The second-order valence-electron chi connectivity index (χ2n) is 3.47. The van der Waals surface area contributed by atoms with Crippen LogP contribution in [0.15, 0.2) is 6.33 Å². The predicted molar refractivity (Wildman–Crippen MR) is 52.4 cm³/mol. The van der Waals surface area contributed by atoms with Crippen LogP contribution in [0.25, 0.3) is 0 Å². The molecule has 78 valence electrons. The molecular formula is C8H15N5O. The lowest BCUT2D eigenvalue weighted by Crippen LogP contribution is -2.40. The second-order valence-corrected chi connectivity index (χ2v) is 3.47. The van der Waals surface area contributed by atoms with Gasteiger partial charge in [-0.25, -0.2) is 4.68 Å². The van der Waals surface area contributed by atoms with Gasteiger partial charge in [-0.2, -0.15) is 10.1 Å². The summed E-state index contributed by atoms with van der Waals surface area (Å²) in [4.78, 5) is 15.3. The summed E-state index contributed by atoms with van der Waals surface area (Å²) in [7, 11) is 1.70. The molecule has 1 amide bonds. The fraction of sp³-hybridized carbons (Fsp3) is 0.625. The van der Waals surface area contributed by atoms with Crippen LogP contribution in [0.4, 0.5) is 5.95 Å². The predicted octanol–water partition coefficient (Wildman–Crippen LogP) is -0.263. The Bertz CT molecular complexity index is 319. The van der Waals surface area contributed by atoms with E-state index < -0.39 is 6.04 Å². The molecule has 3 N–H and O–H groups in total. The Hall–Kier alpha value is -1.43. The Morgan fingerprint density at radius 2 is 2.29 bits per heavy atom. The SMILES string of the molecule is CC(C)[C@@H](N)C(=O)Nc1ncnn1C. The number of aromatic nitrogens is 3. The van der Waals surface area contributed by atoms with Crippen LogP contribution in [0.2, 0.25) is 0 Å². The molecule has 1 rings (SSSR count). The third kappa shape index (κ3) is 2.29. The molecule has 14 heavy (non-hydrogen) atoms. The molecule has 6 heteroatoms. The number of anilines is 1. The molecule has 0 aliphatic carbocycles. The van der Waals surface area contributed by atoms with Crippen LogP contribution in [0, 0.1) is 5.92 Å². The Kier molecular flexibility index (Phi) is 3.19. The molecular weight excluding hydrogens is 182 g/mol. The summed E-state index contributed by atoms with van der Waals surface area (Å²) < 4.78 is 1.48. The summed E-state index contributed by atoms with van der Waals surface area (Å²) in [6.45, 7) is 3.78. The van der Waals surface area contributed by atoms with Crippen molar-refractivity contribution in [1.82, 2.24) is 14.8 Å². The van der Waals surface area contributed by atoms with Crippen molar-refractivity contribution in [1.29, 1.82) is 0 Å². The summed E-state index contributed by atoms with van der Waals surface area (Å²) in [5, 5.41) is 6.42. The van der Waals surface area contributed by atoms with E-state index in [0.717, 1.165) is 0 Å². The monoisotopic (exact) mass is 197 g/mol. The smallest absolute Gasteiger partial charge is 0.243 e. The molecule has 1 heterocycles. The highest BCUT2D eigenvalue weighted by Gasteiger charge is 2.18. The quantitative estimate of drug-likeness (QED) is 0.698. The molecule has 1 atom stereocenters. The van der Waals surface area contributed by atoms with Crippen LogP contribution < -0.4 is 11.1 Å². The second kappa shape index (κ2) is 4.19. The molecule has 0 saturated carbocycles. The Balaban J connectivity index is 2.62. The first kappa shape index (κ1) is 10.6. The molecule has 0 aliphatic rings. The van der Waals surface area contributed by atoms with Crippen molar-refractivity contribution in [3.05, 3.63) is 6.33 Å². The van der Waals surface area contributed by atoms with Crippen LogP contribution in [-0.2, 0) is 11.8 Å². The number of nitrogens with one attached hydrogen (secondary N) is 1. The van der Waals surface area contributed by atoms with Crippen molar-refractivity contribution in [3.63, 3.8) is 0 Å². The minimum atomic E-state index is -0.522. The number of aryl methyl sites for hydroxylation is 1. The molecule has 0 bridgehead atoms. The third-order valence-corrected chi connectivity index (χ3v) is 1.97. The topological polar surface area (TPSA) is 85.8 Å². The molecule has 0 saturated heterocycles. The first-order chi connectivity index (χ1) is 6.52. The number of hydrogen-bond acceptors (Lipinski definition) is 4. The first-order valence-electron chi connectivity index (χ1n) is 4.42. The van der Waals surface area contributed by atoms with Crippen LogP contribution >= 0.6 is 0 Å². The van der Waals surface area contributed by atoms with Crippen molar-refractivity contribution >= 4 is 11.9 Å². The third-order valence-electron chi connectivity index (χ3n) is 1.97. The van der Waals surface area contributed by atoms with Crippen LogP contribution in [0.1, 0.15) is 13.8 Å². The van der Waals surface area contributed by atoms with Gasteiger partial charge >= 0.3 is 0 Å². The van der Waals surface area contributed by atoms with Gasteiger partial charge in [0.2, 0.25) is 11.9 Å². The Labute approximate surface area is 82.5 Å². The van der Waals surface area contributed by atoms with E-state index in [4.69, 9.17) is 5.73 Å². The highest BCUT2D eigenvalue weighted by Crippen LogP contribution is 2.03. The van der Waals surface area contributed by atoms with Gasteiger partial charge in [0.15, 0.2) is 0 Å². The zero-order valence-electron chi connectivity index (χ0n) is 8.56. The summed E-state index contributed by atoms with van der Waals surface area (Å²) >= 11 is 0. The van der Waals surface area contributed by atoms with Gasteiger partial charge in [0, 0.05) is 7.05 Å². The van der Waals surface area contributed by atoms with Crippen molar-refractivity contribution in [2.24, 2.45) is 18.7 Å². The number of hydrogen-bond donors (Lipinski definition) is 2. The zero-order chi connectivity index (χ0) is 10.7. The van der Waals surface area contributed by atoms with Gasteiger partial charge in [0.05, 0.1) is 6.04 Å². The van der Waals surface area contributed by atoms with Crippen molar-refractivity contribution < 1.29 is 4.79 Å². The maximum atomic E-state index is 11.5. The van der Waals surface area contributed by atoms with E-state index in [2.05, 4.69) is 15.4 Å². The Morgan fingerprint density at radius 1 is 1.64 bits per heavy atom. The molecule has 0 aliphatic heterocycles. The van der Waals surface area contributed by atoms with Crippen LogP contribution in [0.3, 0.4) is 0 Å². The largest absolute Gasteiger partial charge is 0.320 e. The standard InChI is InChI=1S/C8H15N5O/c1-5(2)6(9)7(14)12-8-10-4-11-13(8)3/h4-6H,9H2,1-3H3,(H,10,11,12,14)/t6-/m1/s1. The number of carbonyl (C=O) groups is 1. The minimum Gasteiger partial charge on any atom is -0.320 e. The van der Waals surface area contributed by atoms with Gasteiger partial charge in [-0.1, -0.05) is 13.8 Å². The Morgan fingerprint density at radius 3 is 2.71 bits per heavy atom. The fourth-order valence-corrected chi connectivity index (χ4v) is 0.906. The molecule has 6 nitrogen and oxygen atoms in total.